The van der Waals surface area contributed by atoms with Crippen molar-refractivity contribution in [2.45, 2.75) is 32.1 Å². The molecule has 1 fully saturated rings. The molecule has 1 aliphatic heterocycles. The Hall–Kier alpha value is -1.44. The second kappa shape index (κ2) is 8.09. The molecule has 0 aromatic heterocycles. The molecule has 134 valence electrons. The molecule has 0 bridgehead atoms. The number of rotatable bonds is 6. The third-order valence-corrected chi connectivity index (χ3v) is 6.26. The first-order valence-electron chi connectivity index (χ1n) is 8.38. The van der Waals surface area contributed by atoms with Crippen molar-refractivity contribution in [1.82, 2.24) is 14.5 Å². The Morgan fingerprint density at radius 1 is 1.17 bits per heavy atom. The number of sulfonamides is 1. The monoisotopic (exact) mass is 353 g/mol. The van der Waals surface area contributed by atoms with E-state index >= 15 is 0 Å². The van der Waals surface area contributed by atoms with Gasteiger partial charge in [-0.15, -0.1) is 0 Å². The molecule has 1 aromatic carbocycles. The summed E-state index contributed by atoms with van der Waals surface area (Å²) in [6.45, 7) is 6.55. The van der Waals surface area contributed by atoms with Crippen molar-refractivity contribution < 1.29 is 13.2 Å². The third kappa shape index (κ3) is 5.03. The lowest BCUT2D eigenvalue weighted by Gasteiger charge is -2.31. The van der Waals surface area contributed by atoms with E-state index in [2.05, 4.69) is 10.2 Å². The van der Waals surface area contributed by atoms with Crippen molar-refractivity contribution >= 4 is 15.9 Å². The number of carbonyl (C=O) groups excluding carboxylic acids is 1. The molecule has 1 aliphatic rings. The van der Waals surface area contributed by atoms with Gasteiger partial charge in [0.05, 0.1) is 5.75 Å². The molecule has 1 N–H and O–H groups in total. The van der Waals surface area contributed by atoms with Gasteiger partial charge >= 0.3 is 0 Å². The normalized spacial score (nSPS) is 18.3. The molecular weight excluding hydrogens is 326 g/mol. The zero-order valence-electron chi connectivity index (χ0n) is 14.7. The largest absolute Gasteiger partial charge is 0.350 e. The number of nitrogens with zero attached hydrogens (tertiary/aromatic N) is 2. The maximum atomic E-state index is 12.5. The van der Waals surface area contributed by atoms with E-state index in [4.69, 9.17) is 0 Å². The Bertz CT molecular complexity index is 650. The van der Waals surface area contributed by atoms with E-state index in [9.17, 15) is 13.2 Å². The second-order valence-electron chi connectivity index (χ2n) is 6.44. The van der Waals surface area contributed by atoms with Crippen LogP contribution in [-0.2, 0) is 15.8 Å². The quantitative estimate of drug-likeness (QED) is 0.837. The maximum Gasteiger partial charge on any atom is 0.251 e. The molecule has 0 aliphatic carbocycles. The Kier molecular flexibility index (Phi) is 6.37. The van der Waals surface area contributed by atoms with Crippen molar-refractivity contribution in [2.75, 3.05) is 33.2 Å². The molecule has 2 rings (SSSR count). The number of carbonyl (C=O) groups is 1. The summed E-state index contributed by atoms with van der Waals surface area (Å²) in [4.78, 5) is 14.2. The Morgan fingerprint density at radius 2 is 1.75 bits per heavy atom. The summed E-state index contributed by atoms with van der Waals surface area (Å²) in [5.41, 5.74) is 1.25. The van der Waals surface area contributed by atoms with Gasteiger partial charge in [-0.2, -0.15) is 4.31 Å². The topological polar surface area (TPSA) is 69.7 Å². The molecule has 0 saturated carbocycles. The molecule has 1 aromatic rings. The van der Waals surface area contributed by atoms with E-state index in [1.807, 2.05) is 20.9 Å². The fourth-order valence-corrected chi connectivity index (χ4v) is 4.05. The fraction of sp³-hybridized carbons (Fsp3) is 0.588. The van der Waals surface area contributed by atoms with Crippen molar-refractivity contribution in [3.8, 4) is 0 Å². The zero-order valence-corrected chi connectivity index (χ0v) is 15.5. The highest BCUT2D eigenvalue weighted by Crippen LogP contribution is 2.14. The van der Waals surface area contributed by atoms with Gasteiger partial charge in [0.25, 0.3) is 5.91 Å². The average molecular weight is 353 g/mol. The number of nitrogens with one attached hydrogen (secondary N) is 1. The first-order chi connectivity index (χ1) is 11.3. The van der Waals surface area contributed by atoms with Crippen LogP contribution < -0.4 is 5.32 Å². The molecule has 0 radical (unpaired) electrons. The van der Waals surface area contributed by atoms with Crippen molar-refractivity contribution in [2.24, 2.45) is 0 Å². The number of amides is 1. The minimum Gasteiger partial charge on any atom is -0.350 e. The molecule has 1 atom stereocenters. The van der Waals surface area contributed by atoms with Crippen molar-refractivity contribution in [3.63, 3.8) is 0 Å². The first-order valence-corrected chi connectivity index (χ1v) is 9.99. The highest BCUT2D eigenvalue weighted by molar-refractivity contribution is 7.88. The van der Waals surface area contributed by atoms with Gasteiger partial charge in [0.2, 0.25) is 10.0 Å². The number of hydrogen-bond donors (Lipinski definition) is 1. The summed E-state index contributed by atoms with van der Waals surface area (Å²) in [5.74, 6) is -0.151. The standard InChI is InChI=1S/C17H27N3O3S/c1-4-14(2)18-17(21)16-7-5-15(6-8-16)13-24(22,23)20-11-9-19(3)10-12-20/h5-8,14H,4,9-13H2,1-3H3,(H,18,21). The van der Waals surface area contributed by atoms with E-state index in [1.165, 1.54) is 0 Å². The average Bonchev–Trinajstić information content (AvgIpc) is 2.55. The smallest absolute Gasteiger partial charge is 0.251 e. The van der Waals surface area contributed by atoms with Gasteiger partial charge in [0.1, 0.15) is 0 Å². The Labute approximate surface area is 144 Å². The number of likely N-dealkylation sites (N-methyl/N-ethyl adjacent to an activating group) is 1. The van der Waals surface area contributed by atoms with Crippen LogP contribution in [0.4, 0.5) is 0 Å². The summed E-state index contributed by atoms with van der Waals surface area (Å²) in [7, 11) is -1.32. The molecule has 1 saturated heterocycles. The summed E-state index contributed by atoms with van der Waals surface area (Å²) < 4.78 is 26.5. The highest BCUT2D eigenvalue weighted by Gasteiger charge is 2.25. The molecular formula is C17H27N3O3S. The molecule has 24 heavy (non-hydrogen) atoms. The van der Waals surface area contributed by atoms with Gasteiger partial charge < -0.3 is 10.2 Å². The van der Waals surface area contributed by atoms with Crippen LogP contribution in [0.15, 0.2) is 24.3 Å². The molecule has 6 nitrogen and oxygen atoms in total. The lowest BCUT2D eigenvalue weighted by Crippen LogP contribution is -2.47. The molecule has 1 unspecified atom stereocenters. The van der Waals surface area contributed by atoms with Crippen LogP contribution in [0.1, 0.15) is 36.2 Å². The van der Waals surface area contributed by atoms with Crippen LogP contribution in [0.2, 0.25) is 0 Å². The third-order valence-electron chi connectivity index (χ3n) is 4.41. The van der Waals surface area contributed by atoms with Crippen LogP contribution in [-0.4, -0.2) is 62.8 Å². The minimum absolute atomic E-state index is 0.0238. The number of benzene rings is 1. The second-order valence-corrected chi connectivity index (χ2v) is 8.41. The highest BCUT2D eigenvalue weighted by atomic mass is 32.2. The molecule has 1 heterocycles. The van der Waals surface area contributed by atoms with Gasteiger partial charge in [-0.05, 0) is 38.1 Å². The first kappa shape index (κ1) is 18.9. The predicted molar refractivity (Wildman–Crippen MR) is 95.4 cm³/mol. The van der Waals surface area contributed by atoms with E-state index in [1.54, 1.807) is 28.6 Å². The Morgan fingerprint density at radius 3 is 2.29 bits per heavy atom. The maximum absolute atomic E-state index is 12.5. The van der Waals surface area contributed by atoms with Crippen LogP contribution in [0.25, 0.3) is 0 Å². The van der Waals surface area contributed by atoms with Gasteiger partial charge in [-0.3, -0.25) is 4.79 Å². The van der Waals surface area contributed by atoms with E-state index in [0.29, 0.717) is 24.2 Å². The van der Waals surface area contributed by atoms with Crippen LogP contribution in [0.3, 0.4) is 0 Å². The van der Waals surface area contributed by atoms with E-state index < -0.39 is 10.0 Å². The Balaban J connectivity index is 1.99. The van der Waals surface area contributed by atoms with Crippen LogP contribution in [0.5, 0.6) is 0 Å². The summed E-state index contributed by atoms with van der Waals surface area (Å²) >= 11 is 0. The van der Waals surface area contributed by atoms with Crippen molar-refractivity contribution in [3.05, 3.63) is 35.4 Å². The SMILES string of the molecule is CCC(C)NC(=O)c1ccc(CS(=O)(=O)N2CCN(C)CC2)cc1. The summed E-state index contributed by atoms with van der Waals surface area (Å²) in [5, 5.41) is 2.90. The lowest BCUT2D eigenvalue weighted by molar-refractivity contribution is 0.0939. The van der Waals surface area contributed by atoms with Gasteiger partial charge in [0.15, 0.2) is 0 Å². The molecule has 7 heteroatoms. The summed E-state index contributed by atoms with van der Waals surface area (Å²) in [6.07, 6.45) is 0.868. The van der Waals surface area contributed by atoms with Gasteiger partial charge in [-0.25, -0.2) is 8.42 Å². The lowest BCUT2D eigenvalue weighted by atomic mass is 10.1. The van der Waals surface area contributed by atoms with E-state index in [-0.39, 0.29) is 17.7 Å². The zero-order chi connectivity index (χ0) is 17.7. The van der Waals surface area contributed by atoms with Crippen LogP contribution >= 0.6 is 0 Å². The summed E-state index contributed by atoms with van der Waals surface area (Å²) in [6, 6.07) is 6.94. The minimum atomic E-state index is -3.31. The molecule has 0 spiro atoms. The van der Waals surface area contributed by atoms with E-state index in [0.717, 1.165) is 19.5 Å². The number of hydrogen-bond acceptors (Lipinski definition) is 4. The fourth-order valence-electron chi connectivity index (χ4n) is 2.53. The van der Waals surface area contributed by atoms with Crippen molar-refractivity contribution in [1.29, 1.82) is 0 Å². The van der Waals surface area contributed by atoms with Gasteiger partial charge in [0, 0.05) is 37.8 Å². The predicted octanol–water partition coefficient (Wildman–Crippen LogP) is 1.29. The molecule has 1 amide bonds. The van der Waals surface area contributed by atoms with Gasteiger partial charge in [-0.1, -0.05) is 19.1 Å². The van der Waals surface area contributed by atoms with Crippen LogP contribution in [0, 0.1) is 0 Å². The number of piperazine rings is 1.